The van der Waals surface area contributed by atoms with Crippen molar-refractivity contribution in [3.05, 3.63) is 29.0 Å². The average molecular weight is 241 g/mol. The number of likely N-dealkylation sites (tertiary alicyclic amines) is 1. The first-order valence-electron chi connectivity index (χ1n) is 5.72. The Morgan fingerprint density at radius 2 is 2.44 bits per heavy atom. The number of aliphatic hydroxyl groups is 1. The molecule has 1 atom stereocenters. The van der Waals surface area contributed by atoms with E-state index in [-0.39, 0.29) is 0 Å². The molecule has 0 radical (unpaired) electrons. The van der Waals surface area contributed by atoms with Gasteiger partial charge in [0.1, 0.15) is 5.15 Å². The highest BCUT2D eigenvalue weighted by atomic mass is 35.5. The van der Waals surface area contributed by atoms with Crippen LogP contribution in [-0.2, 0) is 6.54 Å². The molecule has 1 fully saturated rings. The van der Waals surface area contributed by atoms with E-state index in [2.05, 4.69) is 9.88 Å². The van der Waals surface area contributed by atoms with Crippen LogP contribution in [0.5, 0.6) is 0 Å². The zero-order valence-electron chi connectivity index (χ0n) is 9.27. The molecule has 16 heavy (non-hydrogen) atoms. The van der Waals surface area contributed by atoms with Crippen molar-refractivity contribution in [1.29, 1.82) is 0 Å². The summed E-state index contributed by atoms with van der Waals surface area (Å²) in [7, 11) is 0. The van der Waals surface area contributed by atoms with Gasteiger partial charge in [0.2, 0.25) is 0 Å². The van der Waals surface area contributed by atoms with Crippen molar-refractivity contribution in [3.63, 3.8) is 0 Å². The lowest BCUT2D eigenvalue weighted by Gasteiger charge is -2.16. The van der Waals surface area contributed by atoms with Gasteiger partial charge >= 0.3 is 0 Å². The zero-order valence-corrected chi connectivity index (χ0v) is 10.0. The third-order valence-electron chi connectivity index (χ3n) is 3.14. The minimum Gasteiger partial charge on any atom is -0.396 e. The lowest BCUT2D eigenvalue weighted by Crippen LogP contribution is -2.20. The normalized spacial score (nSPS) is 21.5. The number of aliphatic hydroxyl groups excluding tert-OH is 1. The molecule has 0 bridgehead atoms. The highest BCUT2D eigenvalue weighted by molar-refractivity contribution is 6.30. The van der Waals surface area contributed by atoms with Gasteiger partial charge in [-0.15, -0.1) is 0 Å². The van der Waals surface area contributed by atoms with Crippen molar-refractivity contribution in [2.75, 3.05) is 19.7 Å². The first-order valence-corrected chi connectivity index (χ1v) is 6.10. The highest BCUT2D eigenvalue weighted by Gasteiger charge is 2.22. The number of hydrogen-bond acceptors (Lipinski definition) is 3. The van der Waals surface area contributed by atoms with E-state index in [1.807, 2.05) is 12.1 Å². The van der Waals surface area contributed by atoms with Gasteiger partial charge in [-0.3, -0.25) is 4.90 Å². The standard InChI is InChI=1S/C12H17ClN2O/c13-12-11(2-1-5-14-12)9-15-6-3-10(8-15)4-7-16/h1-2,5,10,16H,3-4,6-9H2. The van der Waals surface area contributed by atoms with Gasteiger partial charge in [0.15, 0.2) is 0 Å². The van der Waals surface area contributed by atoms with Crippen molar-refractivity contribution >= 4 is 11.6 Å². The van der Waals surface area contributed by atoms with Crippen LogP contribution >= 0.6 is 11.6 Å². The van der Waals surface area contributed by atoms with Gasteiger partial charge in [-0.1, -0.05) is 17.7 Å². The predicted octanol–water partition coefficient (Wildman–Crippen LogP) is 1.94. The maximum Gasteiger partial charge on any atom is 0.133 e. The molecule has 0 spiro atoms. The van der Waals surface area contributed by atoms with Crippen LogP contribution in [0.4, 0.5) is 0 Å². The van der Waals surface area contributed by atoms with Crippen molar-refractivity contribution in [3.8, 4) is 0 Å². The minimum absolute atomic E-state index is 0.298. The molecule has 1 aliphatic rings. The summed E-state index contributed by atoms with van der Waals surface area (Å²) in [5.41, 5.74) is 1.09. The van der Waals surface area contributed by atoms with E-state index < -0.39 is 0 Å². The van der Waals surface area contributed by atoms with E-state index in [4.69, 9.17) is 16.7 Å². The number of hydrogen-bond donors (Lipinski definition) is 1. The highest BCUT2D eigenvalue weighted by Crippen LogP contribution is 2.22. The van der Waals surface area contributed by atoms with E-state index >= 15 is 0 Å². The Kier molecular flexibility index (Phi) is 4.16. The van der Waals surface area contributed by atoms with Crippen LogP contribution in [0.2, 0.25) is 5.15 Å². The van der Waals surface area contributed by atoms with E-state index in [1.54, 1.807) is 6.20 Å². The number of nitrogens with zero attached hydrogens (tertiary/aromatic N) is 2. The largest absolute Gasteiger partial charge is 0.396 e. The summed E-state index contributed by atoms with van der Waals surface area (Å²) >= 11 is 6.02. The quantitative estimate of drug-likeness (QED) is 0.818. The minimum atomic E-state index is 0.298. The molecule has 1 unspecified atom stereocenters. The van der Waals surface area contributed by atoms with Crippen LogP contribution in [-0.4, -0.2) is 34.7 Å². The molecule has 1 aromatic rings. The van der Waals surface area contributed by atoms with Crippen LogP contribution in [0.15, 0.2) is 18.3 Å². The molecule has 0 aromatic carbocycles. The summed E-state index contributed by atoms with van der Waals surface area (Å²) < 4.78 is 0. The van der Waals surface area contributed by atoms with Gasteiger partial charge < -0.3 is 5.11 Å². The van der Waals surface area contributed by atoms with Gasteiger partial charge in [0, 0.05) is 31.5 Å². The van der Waals surface area contributed by atoms with Crippen molar-refractivity contribution in [2.45, 2.75) is 19.4 Å². The summed E-state index contributed by atoms with van der Waals surface area (Å²) in [6.07, 6.45) is 3.81. The summed E-state index contributed by atoms with van der Waals surface area (Å²) in [6, 6.07) is 3.94. The van der Waals surface area contributed by atoms with E-state index in [0.29, 0.717) is 17.7 Å². The fraction of sp³-hybridized carbons (Fsp3) is 0.583. The maximum atomic E-state index is 8.90. The summed E-state index contributed by atoms with van der Waals surface area (Å²) in [5.74, 6) is 0.639. The van der Waals surface area contributed by atoms with Gasteiger partial charge in [-0.05, 0) is 31.4 Å². The van der Waals surface area contributed by atoms with E-state index in [9.17, 15) is 0 Å². The smallest absolute Gasteiger partial charge is 0.133 e. The van der Waals surface area contributed by atoms with Crippen molar-refractivity contribution < 1.29 is 5.11 Å². The lowest BCUT2D eigenvalue weighted by molar-refractivity contribution is 0.249. The topological polar surface area (TPSA) is 36.4 Å². The SMILES string of the molecule is OCCC1CCN(Cc2cccnc2Cl)C1. The molecule has 2 heterocycles. The molecule has 0 saturated carbocycles. The number of halogens is 1. The fourth-order valence-electron chi connectivity index (χ4n) is 2.25. The summed E-state index contributed by atoms with van der Waals surface area (Å²) in [4.78, 5) is 6.45. The Bertz CT molecular complexity index is 346. The monoisotopic (exact) mass is 240 g/mol. The molecule has 1 aliphatic heterocycles. The molecule has 1 saturated heterocycles. The van der Waals surface area contributed by atoms with Crippen molar-refractivity contribution in [2.24, 2.45) is 5.92 Å². The third-order valence-corrected chi connectivity index (χ3v) is 3.48. The number of pyridine rings is 1. The average Bonchev–Trinajstić information content (AvgIpc) is 2.70. The van der Waals surface area contributed by atoms with E-state index in [1.165, 1.54) is 6.42 Å². The molecule has 4 heteroatoms. The maximum absolute atomic E-state index is 8.90. The number of aromatic nitrogens is 1. The molecule has 2 rings (SSSR count). The van der Waals surface area contributed by atoms with Crippen molar-refractivity contribution in [1.82, 2.24) is 9.88 Å². The second kappa shape index (κ2) is 5.62. The molecule has 3 nitrogen and oxygen atoms in total. The second-order valence-corrected chi connectivity index (χ2v) is 4.71. The molecule has 0 aliphatic carbocycles. The van der Waals surface area contributed by atoms with Gasteiger partial charge in [0.25, 0.3) is 0 Å². The van der Waals surface area contributed by atoms with Crippen LogP contribution < -0.4 is 0 Å². The first kappa shape index (κ1) is 11.8. The second-order valence-electron chi connectivity index (χ2n) is 4.36. The third kappa shape index (κ3) is 2.94. The molecule has 1 N–H and O–H groups in total. The Balaban J connectivity index is 1.90. The Morgan fingerprint density at radius 3 is 3.19 bits per heavy atom. The molecule has 0 amide bonds. The number of rotatable bonds is 4. The predicted molar refractivity (Wildman–Crippen MR) is 64.3 cm³/mol. The van der Waals surface area contributed by atoms with Gasteiger partial charge in [-0.25, -0.2) is 4.98 Å². The van der Waals surface area contributed by atoms with Gasteiger partial charge in [-0.2, -0.15) is 0 Å². The molecule has 1 aromatic heterocycles. The molecular formula is C12H17ClN2O. The summed E-state index contributed by atoms with van der Waals surface area (Å²) in [6.45, 7) is 3.32. The molecular weight excluding hydrogens is 224 g/mol. The van der Waals surface area contributed by atoms with Gasteiger partial charge in [0.05, 0.1) is 0 Å². The Labute approximate surface area is 101 Å². The van der Waals surface area contributed by atoms with Crippen LogP contribution in [0.25, 0.3) is 0 Å². The van der Waals surface area contributed by atoms with Crippen LogP contribution in [0, 0.1) is 5.92 Å². The Morgan fingerprint density at radius 1 is 1.56 bits per heavy atom. The Hall–Kier alpha value is -0.640. The lowest BCUT2D eigenvalue weighted by atomic mass is 10.1. The first-order chi connectivity index (χ1) is 7.79. The fourth-order valence-corrected chi connectivity index (χ4v) is 2.43. The van der Waals surface area contributed by atoms with Crippen LogP contribution in [0.3, 0.4) is 0 Å². The zero-order chi connectivity index (χ0) is 11.4. The van der Waals surface area contributed by atoms with Crippen LogP contribution in [0.1, 0.15) is 18.4 Å². The molecule has 88 valence electrons. The van der Waals surface area contributed by atoms with E-state index in [0.717, 1.165) is 31.6 Å². The summed E-state index contributed by atoms with van der Waals surface area (Å²) in [5, 5.41) is 9.50.